The highest BCUT2D eigenvalue weighted by Crippen LogP contribution is 2.42. The second kappa shape index (κ2) is 3.05. The van der Waals surface area contributed by atoms with Gasteiger partial charge >= 0.3 is 5.97 Å². The van der Waals surface area contributed by atoms with Crippen LogP contribution >= 0.6 is 0 Å². The van der Waals surface area contributed by atoms with Crippen LogP contribution in [0.15, 0.2) is 0 Å². The molecule has 0 radical (unpaired) electrons. The summed E-state index contributed by atoms with van der Waals surface area (Å²) in [5, 5.41) is 0. The molecule has 4 nitrogen and oxygen atoms in total. The highest BCUT2D eigenvalue weighted by Gasteiger charge is 2.52. The molecule has 2 fully saturated rings. The maximum atomic E-state index is 11.7. The Morgan fingerprint density at radius 1 is 1.64 bits per heavy atom. The molecule has 0 N–H and O–H groups in total. The van der Waals surface area contributed by atoms with Crippen molar-refractivity contribution in [3.8, 4) is 0 Å². The number of carbonyl (C=O) groups is 2. The minimum atomic E-state index is -0.685. The third kappa shape index (κ3) is 1.34. The van der Waals surface area contributed by atoms with Crippen LogP contribution < -0.4 is 0 Å². The quantitative estimate of drug-likeness (QED) is 0.459. The lowest BCUT2D eigenvalue weighted by Gasteiger charge is -2.32. The van der Waals surface area contributed by atoms with E-state index in [0.717, 1.165) is 12.8 Å². The standard InChI is InChI=1S/C10H14O4/c1-10-4-3-7(14-10)8(6(11)5-10)9(12)13-2/h7-8H,3-5H2,1-2H3/t7-,8-,10+/m1/s1. The lowest BCUT2D eigenvalue weighted by Crippen LogP contribution is -2.45. The summed E-state index contributed by atoms with van der Waals surface area (Å²) in [6, 6.07) is 0. The Balaban J connectivity index is 2.21. The third-order valence-electron chi connectivity index (χ3n) is 3.12. The Hall–Kier alpha value is -0.900. The summed E-state index contributed by atoms with van der Waals surface area (Å²) in [4.78, 5) is 23.0. The fraction of sp³-hybridized carbons (Fsp3) is 0.800. The molecule has 2 aliphatic rings. The molecular weight excluding hydrogens is 184 g/mol. The number of ether oxygens (including phenoxy) is 2. The summed E-state index contributed by atoms with van der Waals surface area (Å²) >= 11 is 0. The normalized spacial score (nSPS) is 41.1. The van der Waals surface area contributed by atoms with E-state index in [-0.39, 0.29) is 17.5 Å². The van der Waals surface area contributed by atoms with Gasteiger partial charge in [-0.3, -0.25) is 9.59 Å². The molecule has 0 aromatic rings. The first-order chi connectivity index (χ1) is 6.56. The number of hydrogen-bond acceptors (Lipinski definition) is 4. The zero-order valence-corrected chi connectivity index (χ0v) is 8.41. The Kier molecular flexibility index (Phi) is 2.10. The van der Waals surface area contributed by atoms with Crippen molar-refractivity contribution < 1.29 is 19.1 Å². The zero-order chi connectivity index (χ0) is 10.3. The van der Waals surface area contributed by atoms with Crippen LogP contribution in [0.5, 0.6) is 0 Å². The first kappa shape index (κ1) is 9.65. The second-order valence-electron chi connectivity index (χ2n) is 4.29. The van der Waals surface area contributed by atoms with Gasteiger partial charge in [0.05, 0.1) is 18.8 Å². The number of carbonyl (C=O) groups excluding carboxylic acids is 2. The van der Waals surface area contributed by atoms with Gasteiger partial charge in [0.25, 0.3) is 0 Å². The fourth-order valence-corrected chi connectivity index (χ4v) is 2.39. The summed E-state index contributed by atoms with van der Waals surface area (Å²) in [5.74, 6) is -1.17. The van der Waals surface area contributed by atoms with Crippen LogP contribution in [0.4, 0.5) is 0 Å². The van der Waals surface area contributed by atoms with Gasteiger partial charge in [0, 0.05) is 6.42 Å². The van der Waals surface area contributed by atoms with Crippen LogP contribution in [-0.4, -0.2) is 30.6 Å². The summed E-state index contributed by atoms with van der Waals surface area (Å²) in [7, 11) is 1.30. The van der Waals surface area contributed by atoms with E-state index >= 15 is 0 Å². The monoisotopic (exact) mass is 198 g/mol. The fourth-order valence-electron chi connectivity index (χ4n) is 2.39. The molecule has 0 aromatic carbocycles. The van der Waals surface area contributed by atoms with Crippen molar-refractivity contribution in [1.82, 2.24) is 0 Å². The third-order valence-corrected chi connectivity index (χ3v) is 3.12. The van der Waals surface area contributed by atoms with Crippen molar-refractivity contribution in [3.05, 3.63) is 0 Å². The predicted molar refractivity (Wildman–Crippen MR) is 47.6 cm³/mol. The van der Waals surface area contributed by atoms with Gasteiger partial charge in [-0.1, -0.05) is 0 Å². The summed E-state index contributed by atoms with van der Waals surface area (Å²) in [5.41, 5.74) is -0.327. The largest absolute Gasteiger partial charge is 0.468 e. The number of fused-ring (bicyclic) bond motifs is 2. The van der Waals surface area contributed by atoms with Crippen molar-refractivity contribution >= 4 is 11.8 Å². The lowest BCUT2D eigenvalue weighted by molar-refractivity contribution is -0.167. The van der Waals surface area contributed by atoms with Gasteiger partial charge < -0.3 is 9.47 Å². The van der Waals surface area contributed by atoms with Gasteiger partial charge in [0.1, 0.15) is 5.92 Å². The van der Waals surface area contributed by atoms with Crippen molar-refractivity contribution in [2.24, 2.45) is 5.92 Å². The van der Waals surface area contributed by atoms with Crippen LogP contribution in [-0.2, 0) is 19.1 Å². The summed E-state index contributed by atoms with van der Waals surface area (Å²) < 4.78 is 10.3. The van der Waals surface area contributed by atoms with E-state index in [9.17, 15) is 9.59 Å². The molecule has 14 heavy (non-hydrogen) atoms. The molecule has 2 heterocycles. The molecule has 2 bridgehead atoms. The van der Waals surface area contributed by atoms with Gasteiger partial charge in [-0.05, 0) is 19.8 Å². The van der Waals surface area contributed by atoms with Crippen LogP contribution in [0.3, 0.4) is 0 Å². The first-order valence-electron chi connectivity index (χ1n) is 4.84. The molecule has 0 amide bonds. The maximum Gasteiger partial charge on any atom is 0.318 e. The number of methoxy groups -OCH3 is 1. The minimum Gasteiger partial charge on any atom is -0.468 e. The molecular formula is C10H14O4. The number of ketones is 1. The molecule has 4 heteroatoms. The highest BCUT2D eigenvalue weighted by atomic mass is 16.5. The zero-order valence-electron chi connectivity index (χ0n) is 8.41. The van der Waals surface area contributed by atoms with Crippen molar-refractivity contribution in [3.63, 3.8) is 0 Å². The van der Waals surface area contributed by atoms with Crippen molar-refractivity contribution in [2.75, 3.05) is 7.11 Å². The molecule has 0 spiro atoms. The molecule has 2 rings (SSSR count). The van der Waals surface area contributed by atoms with Gasteiger partial charge in [0.2, 0.25) is 0 Å². The van der Waals surface area contributed by atoms with Crippen LogP contribution in [0.2, 0.25) is 0 Å². The minimum absolute atomic E-state index is 0.0342. The molecule has 0 unspecified atom stereocenters. The second-order valence-corrected chi connectivity index (χ2v) is 4.29. The van der Waals surface area contributed by atoms with E-state index in [1.165, 1.54) is 7.11 Å². The Labute approximate surface area is 82.6 Å². The molecule has 2 aliphatic heterocycles. The summed E-state index contributed by atoms with van der Waals surface area (Å²) in [6.45, 7) is 1.93. The molecule has 0 saturated carbocycles. The first-order valence-corrected chi connectivity index (χ1v) is 4.84. The van der Waals surface area contributed by atoms with Gasteiger partial charge in [0.15, 0.2) is 5.78 Å². The molecule has 3 atom stereocenters. The van der Waals surface area contributed by atoms with E-state index in [4.69, 9.17) is 4.74 Å². The van der Waals surface area contributed by atoms with Crippen LogP contribution in [0.25, 0.3) is 0 Å². The van der Waals surface area contributed by atoms with E-state index in [2.05, 4.69) is 4.74 Å². The average molecular weight is 198 g/mol. The van der Waals surface area contributed by atoms with Gasteiger partial charge in [-0.25, -0.2) is 0 Å². The number of rotatable bonds is 1. The average Bonchev–Trinajstić information content (AvgIpc) is 2.42. The Bertz CT molecular complexity index is 286. The smallest absolute Gasteiger partial charge is 0.318 e. The topological polar surface area (TPSA) is 52.6 Å². The van der Waals surface area contributed by atoms with Crippen molar-refractivity contribution in [1.29, 1.82) is 0 Å². The van der Waals surface area contributed by atoms with Gasteiger partial charge in [-0.15, -0.1) is 0 Å². The Morgan fingerprint density at radius 2 is 2.36 bits per heavy atom. The molecule has 2 saturated heterocycles. The number of esters is 1. The summed E-state index contributed by atoms with van der Waals surface area (Å²) in [6.07, 6.45) is 1.72. The van der Waals surface area contributed by atoms with E-state index < -0.39 is 11.9 Å². The van der Waals surface area contributed by atoms with E-state index in [0.29, 0.717) is 6.42 Å². The number of Topliss-reactive ketones (excluding diaryl/α,β-unsaturated/α-hetero) is 1. The van der Waals surface area contributed by atoms with Crippen LogP contribution in [0.1, 0.15) is 26.2 Å². The van der Waals surface area contributed by atoms with Gasteiger partial charge in [-0.2, -0.15) is 0 Å². The maximum absolute atomic E-state index is 11.7. The van der Waals surface area contributed by atoms with Crippen molar-refractivity contribution in [2.45, 2.75) is 37.9 Å². The molecule has 0 aliphatic carbocycles. The SMILES string of the molecule is COC(=O)[C@@H]1C(=O)C[C@]2(C)CC[C@H]1O2. The van der Waals surface area contributed by atoms with Crippen LogP contribution in [0, 0.1) is 5.92 Å². The predicted octanol–water partition coefficient (Wildman–Crippen LogP) is 0.686. The van der Waals surface area contributed by atoms with E-state index in [1.54, 1.807) is 0 Å². The Morgan fingerprint density at radius 3 is 3.00 bits per heavy atom. The molecule has 0 aromatic heterocycles. The van der Waals surface area contributed by atoms with E-state index in [1.807, 2.05) is 6.92 Å². The lowest BCUT2D eigenvalue weighted by atomic mass is 9.90. The number of hydrogen-bond donors (Lipinski definition) is 0. The highest BCUT2D eigenvalue weighted by molar-refractivity contribution is 6.00. The molecule has 78 valence electrons.